The molecule has 28 heavy (non-hydrogen) atoms. The van der Waals surface area contributed by atoms with E-state index in [1.807, 2.05) is 6.92 Å². The molecular formula is C21H20FN3O3. The lowest BCUT2D eigenvalue weighted by Gasteiger charge is -2.18. The Labute approximate surface area is 160 Å². The van der Waals surface area contributed by atoms with Gasteiger partial charge in [0.25, 0.3) is 0 Å². The summed E-state index contributed by atoms with van der Waals surface area (Å²) >= 11 is 0. The monoisotopic (exact) mass is 381 g/mol. The van der Waals surface area contributed by atoms with Crippen molar-refractivity contribution in [3.05, 3.63) is 65.2 Å². The van der Waals surface area contributed by atoms with Crippen LogP contribution in [0.1, 0.15) is 40.6 Å². The molecule has 0 spiro atoms. The van der Waals surface area contributed by atoms with E-state index in [0.717, 1.165) is 18.4 Å². The Morgan fingerprint density at radius 2 is 2.00 bits per heavy atom. The van der Waals surface area contributed by atoms with Crippen LogP contribution in [-0.4, -0.2) is 11.9 Å². The van der Waals surface area contributed by atoms with Crippen LogP contribution in [0.5, 0.6) is 0 Å². The van der Waals surface area contributed by atoms with Crippen LogP contribution in [0.25, 0.3) is 11.0 Å². The Morgan fingerprint density at radius 3 is 2.71 bits per heavy atom. The number of nitrogens with two attached hydrogens (primary N) is 1. The first-order valence-corrected chi connectivity index (χ1v) is 9.08. The van der Waals surface area contributed by atoms with Gasteiger partial charge in [-0.15, -0.1) is 0 Å². The van der Waals surface area contributed by atoms with E-state index >= 15 is 0 Å². The number of rotatable bonds is 5. The lowest BCUT2D eigenvalue weighted by atomic mass is 10.0. The van der Waals surface area contributed by atoms with Gasteiger partial charge in [-0.3, -0.25) is 4.79 Å². The molecule has 1 fully saturated rings. The molecule has 1 aromatic heterocycles. The van der Waals surface area contributed by atoms with Crippen molar-refractivity contribution in [3.63, 3.8) is 0 Å². The smallest absolute Gasteiger partial charge is 0.319 e. The van der Waals surface area contributed by atoms with Crippen molar-refractivity contribution in [3.8, 4) is 0 Å². The van der Waals surface area contributed by atoms with Crippen LogP contribution in [-0.2, 0) is 0 Å². The largest absolute Gasteiger partial charge is 0.459 e. The molecular weight excluding hydrogens is 361 g/mol. The fourth-order valence-corrected chi connectivity index (χ4v) is 3.39. The normalized spacial score (nSPS) is 14.6. The van der Waals surface area contributed by atoms with Gasteiger partial charge in [0.1, 0.15) is 17.2 Å². The summed E-state index contributed by atoms with van der Waals surface area (Å²) in [5.74, 6) is 0.0203. The number of urea groups is 1. The first-order chi connectivity index (χ1) is 13.4. The fourth-order valence-electron chi connectivity index (χ4n) is 3.39. The van der Waals surface area contributed by atoms with E-state index in [1.165, 1.54) is 18.2 Å². The quantitative estimate of drug-likeness (QED) is 0.616. The molecule has 1 aliphatic carbocycles. The number of aryl methyl sites for hydroxylation is 1. The summed E-state index contributed by atoms with van der Waals surface area (Å²) in [4.78, 5) is 23.9. The second kappa shape index (κ2) is 6.99. The number of carbonyl (C=O) groups is 2. The van der Waals surface area contributed by atoms with E-state index < -0.39 is 11.9 Å². The van der Waals surface area contributed by atoms with Crippen molar-refractivity contribution in [2.24, 2.45) is 11.7 Å². The second-order valence-electron chi connectivity index (χ2n) is 7.09. The Hall–Kier alpha value is -3.35. The number of nitrogens with one attached hydrogen (secondary N) is 2. The third kappa shape index (κ3) is 3.55. The number of benzene rings is 2. The third-order valence-electron chi connectivity index (χ3n) is 5.00. The number of amides is 3. The number of furan rings is 1. The molecule has 144 valence electrons. The van der Waals surface area contributed by atoms with Gasteiger partial charge in [0, 0.05) is 22.2 Å². The highest BCUT2D eigenvalue weighted by Crippen LogP contribution is 2.44. The van der Waals surface area contributed by atoms with Crippen LogP contribution >= 0.6 is 0 Å². The molecule has 0 bridgehead atoms. The van der Waals surface area contributed by atoms with Crippen LogP contribution in [0.4, 0.5) is 14.9 Å². The number of fused-ring (bicyclic) bond motifs is 1. The number of halogens is 1. The number of carbonyl (C=O) groups excluding carboxylic acids is 2. The van der Waals surface area contributed by atoms with E-state index in [-0.39, 0.29) is 17.8 Å². The van der Waals surface area contributed by atoms with Crippen LogP contribution in [0, 0.1) is 18.7 Å². The van der Waals surface area contributed by atoms with Gasteiger partial charge in [0.15, 0.2) is 0 Å². The van der Waals surface area contributed by atoms with E-state index in [9.17, 15) is 14.0 Å². The Bertz CT molecular complexity index is 1070. The van der Waals surface area contributed by atoms with E-state index in [4.69, 9.17) is 10.2 Å². The highest BCUT2D eigenvalue weighted by molar-refractivity contribution is 5.96. The fraction of sp³-hybridized carbons (Fsp3) is 0.238. The molecule has 3 amide bonds. The van der Waals surface area contributed by atoms with Crippen molar-refractivity contribution in [2.45, 2.75) is 25.8 Å². The van der Waals surface area contributed by atoms with Crippen LogP contribution in [0.15, 0.2) is 46.9 Å². The predicted octanol–water partition coefficient (Wildman–Crippen LogP) is 4.25. The van der Waals surface area contributed by atoms with Crippen molar-refractivity contribution >= 4 is 28.6 Å². The molecule has 1 aliphatic rings. The first kappa shape index (κ1) is 18.0. The molecule has 1 saturated carbocycles. The summed E-state index contributed by atoms with van der Waals surface area (Å²) in [7, 11) is 0. The minimum atomic E-state index is -0.565. The van der Waals surface area contributed by atoms with Crippen LogP contribution in [0.3, 0.4) is 0 Å². The Balaban J connectivity index is 1.56. The maximum absolute atomic E-state index is 13.6. The Morgan fingerprint density at radius 1 is 1.21 bits per heavy atom. The molecule has 0 unspecified atom stereocenters. The van der Waals surface area contributed by atoms with E-state index in [2.05, 4.69) is 10.6 Å². The van der Waals surface area contributed by atoms with Gasteiger partial charge >= 0.3 is 6.03 Å². The van der Waals surface area contributed by atoms with E-state index in [1.54, 1.807) is 24.3 Å². The van der Waals surface area contributed by atoms with Gasteiger partial charge in [-0.1, -0.05) is 6.07 Å². The highest BCUT2D eigenvalue weighted by atomic mass is 19.1. The topological polar surface area (TPSA) is 97.4 Å². The van der Waals surface area contributed by atoms with Crippen molar-refractivity contribution in [1.29, 1.82) is 0 Å². The SMILES string of the molecule is Cc1c([C@@H](NC(=O)Nc2cccc(C(N)=O)c2)C2CC2)oc2ccc(F)cc12. The molecule has 4 N–H and O–H groups in total. The lowest BCUT2D eigenvalue weighted by Crippen LogP contribution is -2.33. The van der Waals surface area contributed by atoms with Crippen molar-refractivity contribution in [2.75, 3.05) is 5.32 Å². The number of primary amides is 1. The van der Waals surface area contributed by atoms with Gasteiger partial charge in [0.2, 0.25) is 5.91 Å². The van der Waals surface area contributed by atoms with Gasteiger partial charge in [-0.25, -0.2) is 9.18 Å². The maximum atomic E-state index is 13.6. The maximum Gasteiger partial charge on any atom is 0.319 e. The lowest BCUT2D eigenvalue weighted by molar-refractivity contribution is 0.1000. The average molecular weight is 381 g/mol. The number of hydrogen-bond acceptors (Lipinski definition) is 3. The zero-order valence-electron chi connectivity index (χ0n) is 15.3. The van der Waals surface area contributed by atoms with Gasteiger partial charge in [-0.05, 0) is 62.1 Å². The zero-order chi connectivity index (χ0) is 19.8. The molecule has 6 nitrogen and oxygen atoms in total. The van der Waals surface area contributed by atoms with Crippen LogP contribution < -0.4 is 16.4 Å². The molecule has 0 saturated heterocycles. The molecule has 1 atom stereocenters. The molecule has 7 heteroatoms. The minimum absolute atomic E-state index is 0.270. The molecule has 1 heterocycles. The second-order valence-corrected chi connectivity index (χ2v) is 7.09. The molecule has 0 aliphatic heterocycles. The number of anilines is 1. The van der Waals surface area contributed by atoms with Gasteiger partial charge in [0.05, 0.1) is 6.04 Å². The standard InChI is InChI=1S/C21H20FN3O3/c1-11-16-10-14(22)7-8-17(16)28-19(11)18(12-5-6-12)25-21(27)24-15-4-2-3-13(9-15)20(23)26/h2-4,7-10,12,18H,5-6H2,1H3,(H2,23,26)(H2,24,25,27)/t18-/m0/s1. The summed E-state index contributed by atoms with van der Waals surface area (Å²) < 4.78 is 19.5. The van der Waals surface area contributed by atoms with Crippen LogP contribution in [0.2, 0.25) is 0 Å². The molecule has 0 radical (unpaired) electrons. The zero-order valence-corrected chi connectivity index (χ0v) is 15.3. The molecule has 2 aromatic carbocycles. The average Bonchev–Trinajstić information content (AvgIpc) is 3.45. The minimum Gasteiger partial charge on any atom is -0.459 e. The number of hydrogen-bond donors (Lipinski definition) is 3. The summed E-state index contributed by atoms with van der Waals surface area (Å²) in [5, 5.41) is 6.38. The first-order valence-electron chi connectivity index (χ1n) is 9.08. The predicted molar refractivity (Wildman–Crippen MR) is 103 cm³/mol. The summed E-state index contributed by atoms with van der Waals surface area (Å²) in [6.07, 6.45) is 1.96. The molecule has 4 rings (SSSR count). The summed E-state index contributed by atoms with van der Waals surface area (Å²) in [5.41, 5.74) is 7.47. The van der Waals surface area contributed by atoms with Crippen molar-refractivity contribution in [1.82, 2.24) is 5.32 Å². The van der Waals surface area contributed by atoms with Crippen molar-refractivity contribution < 1.29 is 18.4 Å². The van der Waals surface area contributed by atoms with Gasteiger partial charge in [-0.2, -0.15) is 0 Å². The van der Waals surface area contributed by atoms with Gasteiger partial charge < -0.3 is 20.8 Å². The molecule has 3 aromatic rings. The van der Waals surface area contributed by atoms with E-state index in [0.29, 0.717) is 28.0 Å². The Kier molecular flexibility index (Phi) is 4.50. The summed E-state index contributed by atoms with van der Waals surface area (Å²) in [6.45, 7) is 1.87. The third-order valence-corrected chi connectivity index (χ3v) is 5.00. The highest BCUT2D eigenvalue weighted by Gasteiger charge is 2.37. The summed E-state index contributed by atoms with van der Waals surface area (Å²) in [6, 6.07) is 10.1.